The maximum Gasteiger partial charge on any atom is 0.303 e. The highest BCUT2D eigenvalue weighted by molar-refractivity contribution is 5.67. The molecule has 1 N–H and O–H groups in total. The van der Waals surface area contributed by atoms with Crippen molar-refractivity contribution >= 4 is 5.97 Å². The van der Waals surface area contributed by atoms with E-state index >= 15 is 0 Å². The normalized spacial score (nSPS) is 9.37. The van der Waals surface area contributed by atoms with Crippen LogP contribution in [0.25, 0.3) is 11.1 Å². The number of rotatable bonds is 4. The number of carboxylic acid groups (broad SMARTS) is 1. The third-order valence-electron chi connectivity index (χ3n) is 2.69. The van der Waals surface area contributed by atoms with E-state index in [1.165, 1.54) is 5.56 Å². The van der Waals surface area contributed by atoms with Gasteiger partial charge in [0.25, 0.3) is 0 Å². The molecule has 2 heteroatoms. The molecule has 100 valence electrons. The summed E-state index contributed by atoms with van der Waals surface area (Å²) in [7, 11) is 0. The highest BCUT2D eigenvalue weighted by atomic mass is 16.4. The number of carbonyl (C=O) groups is 1. The number of aryl methyl sites for hydroxylation is 1. The van der Waals surface area contributed by atoms with Crippen LogP contribution < -0.4 is 0 Å². The van der Waals surface area contributed by atoms with Crippen molar-refractivity contribution in [1.82, 2.24) is 0 Å². The van der Waals surface area contributed by atoms with E-state index < -0.39 is 5.97 Å². The topological polar surface area (TPSA) is 37.3 Å². The predicted molar refractivity (Wildman–Crippen MR) is 79.2 cm³/mol. The van der Waals surface area contributed by atoms with Crippen LogP contribution in [0, 0.1) is 0 Å². The molecular formula is C17H20O2. The van der Waals surface area contributed by atoms with Gasteiger partial charge in [0.15, 0.2) is 0 Å². The fourth-order valence-electron chi connectivity index (χ4n) is 1.75. The molecular weight excluding hydrogens is 236 g/mol. The fraction of sp³-hybridized carbons (Fsp3) is 0.235. The van der Waals surface area contributed by atoms with Crippen molar-refractivity contribution in [3.8, 4) is 11.1 Å². The SMILES string of the molecule is CC.O=C(O)CCc1ccc(-c2ccccc2)cc1. The Hall–Kier alpha value is -2.09. The summed E-state index contributed by atoms with van der Waals surface area (Å²) < 4.78 is 0. The third-order valence-corrected chi connectivity index (χ3v) is 2.69. The predicted octanol–water partition coefficient (Wildman–Crippen LogP) is 4.40. The maximum absolute atomic E-state index is 10.5. The Morgan fingerprint density at radius 2 is 1.42 bits per heavy atom. The molecule has 0 radical (unpaired) electrons. The van der Waals surface area contributed by atoms with Crippen molar-refractivity contribution in [1.29, 1.82) is 0 Å². The second-order valence-corrected chi connectivity index (χ2v) is 3.96. The Morgan fingerprint density at radius 3 is 1.95 bits per heavy atom. The van der Waals surface area contributed by atoms with Crippen LogP contribution in [0.1, 0.15) is 25.8 Å². The van der Waals surface area contributed by atoms with Crippen molar-refractivity contribution in [2.75, 3.05) is 0 Å². The monoisotopic (exact) mass is 256 g/mol. The number of aliphatic carboxylic acids is 1. The van der Waals surface area contributed by atoms with Crippen LogP contribution in [0.3, 0.4) is 0 Å². The van der Waals surface area contributed by atoms with Gasteiger partial charge in [-0.2, -0.15) is 0 Å². The zero-order valence-electron chi connectivity index (χ0n) is 11.5. The summed E-state index contributed by atoms with van der Waals surface area (Å²) in [6.45, 7) is 4.00. The Labute approximate surface area is 114 Å². The molecule has 0 atom stereocenters. The molecule has 0 aliphatic heterocycles. The molecule has 0 amide bonds. The molecule has 2 aromatic carbocycles. The highest BCUT2D eigenvalue weighted by Crippen LogP contribution is 2.19. The average Bonchev–Trinajstić information content (AvgIpc) is 2.49. The van der Waals surface area contributed by atoms with Crippen molar-refractivity contribution in [2.45, 2.75) is 26.7 Å². The second kappa shape index (κ2) is 8.09. The summed E-state index contributed by atoms with van der Waals surface area (Å²) >= 11 is 0. The zero-order chi connectivity index (χ0) is 14.1. The molecule has 2 rings (SSSR count). The number of hydrogen-bond acceptors (Lipinski definition) is 1. The van der Waals surface area contributed by atoms with Gasteiger partial charge in [0, 0.05) is 6.42 Å². The molecule has 0 heterocycles. The van der Waals surface area contributed by atoms with Crippen molar-refractivity contribution in [3.63, 3.8) is 0 Å². The van der Waals surface area contributed by atoms with Crippen LogP contribution in [0.15, 0.2) is 54.6 Å². The summed E-state index contributed by atoms with van der Waals surface area (Å²) in [6.07, 6.45) is 0.773. The van der Waals surface area contributed by atoms with Crippen LogP contribution in [0.5, 0.6) is 0 Å². The van der Waals surface area contributed by atoms with Gasteiger partial charge in [-0.25, -0.2) is 0 Å². The van der Waals surface area contributed by atoms with Crippen LogP contribution in [0.2, 0.25) is 0 Å². The van der Waals surface area contributed by atoms with E-state index in [1.54, 1.807) is 0 Å². The quantitative estimate of drug-likeness (QED) is 0.880. The van der Waals surface area contributed by atoms with E-state index in [1.807, 2.05) is 56.3 Å². The van der Waals surface area contributed by atoms with E-state index in [4.69, 9.17) is 5.11 Å². The first kappa shape index (κ1) is 15.0. The molecule has 0 saturated heterocycles. The van der Waals surface area contributed by atoms with Gasteiger partial charge in [-0.05, 0) is 23.1 Å². The molecule has 2 nitrogen and oxygen atoms in total. The average molecular weight is 256 g/mol. The van der Waals surface area contributed by atoms with E-state index in [0.717, 1.165) is 11.1 Å². The van der Waals surface area contributed by atoms with E-state index in [2.05, 4.69) is 12.1 Å². The summed E-state index contributed by atoms with van der Waals surface area (Å²) in [5, 5.41) is 8.61. The Bertz CT molecular complexity index is 486. The molecule has 0 aliphatic carbocycles. The lowest BCUT2D eigenvalue weighted by molar-refractivity contribution is -0.136. The lowest BCUT2D eigenvalue weighted by Crippen LogP contribution is -1.97. The van der Waals surface area contributed by atoms with Gasteiger partial charge in [0.05, 0.1) is 0 Å². The van der Waals surface area contributed by atoms with Crippen molar-refractivity contribution in [2.24, 2.45) is 0 Å². The molecule has 0 bridgehead atoms. The Morgan fingerprint density at radius 1 is 0.895 bits per heavy atom. The smallest absolute Gasteiger partial charge is 0.303 e. The van der Waals surface area contributed by atoms with E-state index in [0.29, 0.717) is 6.42 Å². The lowest BCUT2D eigenvalue weighted by atomic mass is 10.0. The summed E-state index contributed by atoms with van der Waals surface area (Å²) in [4.78, 5) is 10.5. The Balaban J connectivity index is 0.000000861. The molecule has 0 fully saturated rings. The van der Waals surface area contributed by atoms with E-state index in [9.17, 15) is 4.79 Å². The summed E-state index contributed by atoms with van der Waals surface area (Å²) in [5.41, 5.74) is 3.40. The minimum atomic E-state index is -0.753. The molecule has 19 heavy (non-hydrogen) atoms. The van der Waals surface area contributed by atoms with Crippen molar-refractivity contribution < 1.29 is 9.90 Å². The van der Waals surface area contributed by atoms with Gasteiger partial charge >= 0.3 is 5.97 Å². The molecule has 0 spiro atoms. The summed E-state index contributed by atoms with van der Waals surface area (Å²) in [5.74, 6) is -0.753. The first-order valence-electron chi connectivity index (χ1n) is 6.62. The molecule has 0 unspecified atom stereocenters. The molecule has 0 aliphatic rings. The van der Waals surface area contributed by atoms with Crippen LogP contribution in [-0.4, -0.2) is 11.1 Å². The minimum absolute atomic E-state index is 0.185. The number of hydrogen-bond donors (Lipinski definition) is 1. The van der Waals surface area contributed by atoms with Crippen LogP contribution in [-0.2, 0) is 11.2 Å². The molecule has 2 aromatic rings. The lowest BCUT2D eigenvalue weighted by Gasteiger charge is -2.03. The van der Waals surface area contributed by atoms with Gasteiger partial charge in [0.2, 0.25) is 0 Å². The third kappa shape index (κ3) is 4.96. The minimum Gasteiger partial charge on any atom is -0.481 e. The maximum atomic E-state index is 10.5. The second-order valence-electron chi connectivity index (χ2n) is 3.96. The number of benzene rings is 2. The summed E-state index contributed by atoms with van der Waals surface area (Å²) in [6, 6.07) is 18.2. The van der Waals surface area contributed by atoms with Gasteiger partial charge < -0.3 is 5.11 Å². The molecule has 0 saturated carbocycles. The van der Waals surface area contributed by atoms with Gasteiger partial charge in [-0.1, -0.05) is 68.4 Å². The first-order chi connectivity index (χ1) is 9.25. The fourth-order valence-corrected chi connectivity index (χ4v) is 1.75. The molecule has 0 aromatic heterocycles. The highest BCUT2D eigenvalue weighted by Gasteiger charge is 2.00. The zero-order valence-corrected chi connectivity index (χ0v) is 11.5. The van der Waals surface area contributed by atoms with E-state index in [-0.39, 0.29) is 6.42 Å². The van der Waals surface area contributed by atoms with Crippen LogP contribution >= 0.6 is 0 Å². The largest absolute Gasteiger partial charge is 0.481 e. The van der Waals surface area contributed by atoms with Gasteiger partial charge in [-0.15, -0.1) is 0 Å². The first-order valence-corrected chi connectivity index (χ1v) is 6.62. The number of carboxylic acids is 1. The van der Waals surface area contributed by atoms with Crippen LogP contribution in [0.4, 0.5) is 0 Å². The standard InChI is InChI=1S/C15H14O2.C2H6/c16-15(17)11-8-12-6-9-14(10-7-12)13-4-2-1-3-5-13;1-2/h1-7,9-10H,8,11H2,(H,16,17);1-2H3. The van der Waals surface area contributed by atoms with Crippen molar-refractivity contribution in [3.05, 3.63) is 60.2 Å². The Kier molecular flexibility index (Phi) is 6.37. The van der Waals surface area contributed by atoms with Gasteiger partial charge in [-0.3, -0.25) is 4.79 Å². The van der Waals surface area contributed by atoms with Gasteiger partial charge in [0.1, 0.15) is 0 Å².